The number of thiophene rings is 1. The van der Waals surface area contributed by atoms with Crippen LogP contribution in [0.2, 0.25) is 0 Å². The number of fused-ring (bicyclic) bond motifs is 3. The Morgan fingerprint density at radius 2 is 2.13 bits per heavy atom. The first-order chi connectivity index (χ1) is 11.0. The molecule has 0 aliphatic heterocycles. The molecule has 1 N–H and O–H groups in total. The molecule has 1 aliphatic rings. The molecule has 0 fully saturated rings. The van der Waals surface area contributed by atoms with Crippen molar-refractivity contribution in [3.05, 3.63) is 28.2 Å². The zero-order valence-corrected chi connectivity index (χ0v) is 14.8. The number of nitrogens with one attached hydrogen (secondary N) is 1. The van der Waals surface area contributed by atoms with Crippen molar-refractivity contribution in [1.29, 1.82) is 0 Å². The summed E-state index contributed by atoms with van der Waals surface area (Å²) in [6.45, 7) is 6.44. The largest absolute Gasteiger partial charge is 0.337 e. The Balaban J connectivity index is 1.84. The normalized spacial score (nSPS) is 17.5. The first kappa shape index (κ1) is 14.6. The van der Waals surface area contributed by atoms with E-state index in [0.717, 1.165) is 40.1 Å². The molecule has 4 rings (SSSR count). The second-order valence-electron chi connectivity index (χ2n) is 6.55. The Bertz CT molecular complexity index is 892. The average molecular weight is 327 g/mol. The van der Waals surface area contributed by atoms with Gasteiger partial charge < -0.3 is 5.32 Å². The van der Waals surface area contributed by atoms with Gasteiger partial charge in [-0.2, -0.15) is 5.10 Å². The van der Waals surface area contributed by atoms with Gasteiger partial charge in [0.25, 0.3) is 0 Å². The van der Waals surface area contributed by atoms with E-state index in [1.807, 2.05) is 30.0 Å². The van der Waals surface area contributed by atoms with Gasteiger partial charge in [-0.05, 0) is 44.6 Å². The number of hydrogen-bond acceptors (Lipinski definition) is 5. The lowest BCUT2D eigenvalue weighted by Gasteiger charge is -2.18. The first-order valence-electron chi connectivity index (χ1n) is 8.07. The van der Waals surface area contributed by atoms with Crippen LogP contribution in [0.5, 0.6) is 0 Å². The SMILES string of the molecule is Cc1nn(C)c(C)c1Nc1ncnc2sc3c(c12)CCC(C)C3. The van der Waals surface area contributed by atoms with Crippen LogP contribution in [0.3, 0.4) is 0 Å². The van der Waals surface area contributed by atoms with E-state index in [2.05, 4.69) is 34.2 Å². The zero-order chi connectivity index (χ0) is 16.1. The molecule has 3 aromatic heterocycles. The summed E-state index contributed by atoms with van der Waals surface area (Å²) >= 11 is 1.83. The lowest BCUT2D eigenvalue weighted by atomic mass is 9.89. The van der Waals surface area contributed by atoms with Crippen molar-refractivity contribution in [2.75, 3.05) is 5.32 Å². The predicted octanol–water partition coefficient (Wildman–Crippen LogP) is 3.91. The monoisotopic (exact) mass is 327 g/mol. The fraction of sp³-hybridized carbons (Fsp3) is 0.471. The Morgan fingerprint density at radius 3 is 2.87 bits per heavy atom. The van der Waals surface area contributed by atoms with Crippen LogP contribution < -0.4 is 5.32 Å². The van der Waals surface area contributed by atoms with Gasteiger partial charge in [0.15, 0.2) is 0 Å². The van der Waals surface area contributed by atoms with E-state index in [-0.39, 0.29) is 0 Å². The van der Waals surface area contributed by atoms with E-state index in [1.54, 1.807) is 6.33 Å². The van der Waals surface area contributed by atoms with Gasteiger partial charge in [0.05, 0.1) is 22.5 Å². The van der Waals surface area contributed by atoms with Crippen molar-refractivity contribution in [2.24, 2.45) is 13.0 Å². The average Bonchev–Trinajstić information content (AvgIpc) is 2.99. The van der Waals surface area contributed by atoms with Crippen LogP contribution in [-0.4, -0.2) is 19.7 Å². The fourth-order valence-electron chi connectivity index (χ4n) is 3.44. The Labute approximate surface area is 139 Å². The minimum absolute atomic E-state index is 0.766. The van der Waals surface area contributed by atoms with E-state index < -0.39 is 0 Å². The summed E-state index contributed by atoms with van der Waals surface area (Å²) in [5, 5.41) is 9.22. The number of rotatable bonds is 2. The fourth-order valence-corrected chi connectivity index (χ4v) is 4.79. The number of nitrogens with zero attached hydrogens (tertiary/aromatic N) is 4. The van der Waals surface area contributed by atoms with Gasteiger partial charge in [-0.3, -0.25) is 4.68 Å². The number of aromatic nitrogens is 4. The van der Waals surface area contributed by atoms with Crippen LogP contribution >= 0.6 is 11.3 Å². The van der Waals surface area contributed by atoms with E-state index in [1.165, 1.54) is 28.7 Å². The van der Waals surface area contributed by atoms with Gasteiger partial charge in [0.2, 0.25) is 0 Å². The topological polar surface area (TPSA) is 55.6 Å². The van der Waals surface area contributed by atoms with Gasteiger partial charge in [-0.25, -0.2) is 9.97 Å². The zero-order valence-electron chi connectivity index (χ0n) is 14.0. The van der Waals surface area contributed by atoms with Crippen molar-refractivity contribution < 1.29 is 0 Å². The molecule has 0 saturated heterocycles. The predicted molar refractivity (Wildman–Crippen MR) is 94.6 cm³/mol. The lowest BCUT2D eigenvalue weighted by Crippen LogP contribution is -2.09. The van der Waals surface area contributed by atoms with Crippen molar-refractivity contribution in [3.8, 4) is 0 Å². The van der Waals surface area contributed by atoms with E-state index in [9.17, 15) is 0 Å². The third kappa shape index (κ3) is 2.32. The molecule has 3 aromatic rings. The molecule has 23 heavy (non-hydrogen) atoms. The molecule has 0 bridgehead atoms. The van der Waals surface area contributed by atoms with Gasteiger partial charge in [0, 0.05) is 11.9 Å². The van der Waals surface area contributed by atoms with Gasteiger partial charge >= 0.3 is 0 Å². The highest BCUT2D eigenvalue weighted by Gasteiger charge is 2.23. The van der Waals surface area contributed by atoms with Crippen molar-refractivity contribution in [3.63, 3.8) is 0 Å². The number of aryl methyl sites for hydroxylation is 3. The summed E-state index contributed by atoms with van der Waals surface area (Å²) in [5.74, 6) is 1.68. The van der Waals surface area contributed by atoms with Gasteiger partial charge in [-0.1, -0.05) is 6.92 Å². The molecule has 120 valence electrons. The molecular weight excluding hydrogens is 306 g/mol. The first-order valence-corrected chi connectivity index (χ1v) is 8.88. The molecule has 3 heterocycles. The van der Waals surface area contributed by atoms with E-state index >= 15 is 0 Å². The molecule has 0 aromatic carbocycles. The van der Waals surface area contributed by atoms with Crippen molar-refractivity contribution in [1.82, 2.24) is 19.7 Å². The molecule has 5 nitrogen and oxygen atoms in total. The van der Waals surface area contributed by atoms with Crippen molar-refractivity contribution >= 4 is 33.1 Å². The molecule has 0 spiro atoms. The minimum atomic E-state index is 0.766. The molecule has 6 heteroatoms. The number of anilines is 2. The summed E-state index contributed by atoms with van der Waals surface area (Å²) < 4.78 is 1.90. The van der Waals surface area contributed by atoms with Gasteiger partial charge in [0.1, 0.15) is 17.0 Å². The Morgan fingerprint density at radius 1 is 1.30 bits per heavy atom. The molecule has 1 atom stereocenters. The molecule has 0 amide bonds. The second-order valence-corrected chi connectivity index (χ2v) is 7.63. The maximum Gasteiger partial charge on any atom is 0.142 e. The van der Waals surface area contributed by atoms with Crippen LogP contribution in [0.25, 0.3) is 10.2 Å². The molecule has 0 saturated carbocycles. The lowest BCUT2D eigenvalue weighted by molar-refractivity contribution is 0.509. The van der Waals surface area contributed by atoms with E-state index in [4.69, 9.17) is 0 Å². The molecule has 1 aliphatic carbocycles. The summed E-state index contributed by atoms with van der Waals surface area (Å²) in [5.41, 5.74) is 4.61. The second kappa shape index (κ2) is 5.30. The summed E-state index contributed by atoms with van der Waals surface area (Å²) in [4.78, 5) is 11.6. The highest BCUT2D eigenvalue weighted by atomic mass is 32.1. The molecule has 0 radical (unpaired) electrons. The van der Waals surface area contributed by atoms with Crippen LogP contribution in [0.4, 0.5) is 11.5 Å². The summed E-state index contributed by atoms with van der Waals surface area (Å²) in [6.07, 6.45) is 5.21. The highest BCUT2D eigenvalue weighted by Crippen LogP contribution is 2.40. The Hall–Kier alpha value is -1.95. The van der Waals surface area contributed by atoms with Crippen molar-refractivity contribution in [2.45, 2.75) is 40.0 Å². The quantitative estimate of drug-likeness (QED) is 0.775. The third-order valence-electron chi connectivity index (χ3n) is 4.84. The third-order valence-corrected chi connectivity index (χ3v) is 6.01. The summed E-state index contributed by atoms with van der Waals surface area (Å²) in [7, 11) is 1.97. The minimum Gasteiger partial charge on any atom is -0.337 e. The smallest absolute Gasteiger partial charge is 0.142 e. The number of hydrogen-bond donors (Lipinski definition) is 1. The van der Waals surface area contributed by atoms with Crippen LogP contribution in [0.15, 0.2) is 6.33 Å². The van der Waals surface area contributed by atoms with Crippen LogP contribution in [-0.2, 0) is 19.9 Å². The van der Waals surface area contributed by atoms with Crippen LogP contribution in [0, 0.1) is 19.8 Å². The maximum absolute atomic E-state index is 4.54. The molecule has 1 unspecified atom stereocenters. The Kier molecular flexibility index (Phi) is 3.37. The molecular formula is C17H21N5S. The van der Waals surface area contributed by atoms with Gasteiger partial charge in [-0.15, -0.1) is 11.3 Å². The standard InChI is InChI=1S/C17H21N5S/c1-9-5-6-12-13(7-9)23-17-14(12)16(18-8-19-17)20-15-10(2)21-22(4)11(15)3/h8-9H,5-7H2,1-4H3,(H,18,19,20). The van der Waals surface area contributed by atoms with Crippen LogP contribution in [0.1, 0.15) is 35.2 Å². The highest BCUT2D eigenvalue weighted by molar-refractivity contribution is 7.19. The summed E-state index contributed by atoms with van der Waals surface area (Å²) in [6, 6.07) is 0. The van der Waals surface area contributed by atoms with E-state index in [0.29, 0.717) is 0 Å². The maximum atomic E-state index is 4.54.